The van der Waals surface area contributed by atoms with Gasteiger partial charge in [0.05, 0.1) is 12.0 Å². The lowest BCUT2D eigenvalue weighted by atomic mass is 9.99. The van der Waals surface area contributed by atoms with E-state index in [9.17, 15) is 0 Å². The van der Waals surface area contributed by atoms with Crippen LogP contribution in [0.15, 0.2) is 45.9 Å². The molecular formula is C18H20BrClN2. The summed E-state index contributed by atoms with van der Waals surface area (Å²) in [7, 11) is 2.01. The van der Waals surface area contributed by atoms with Crippen LogP contribution in [0.4, 0.5) is 5.69 Å². The van der Waals surface area contributed by atoms with Crippen molar-refractivity contribution in [2.24, 2.45) is 4.99 Å². The van der Waals surface area contributed by atoms with E-state index in [4.69, 9.17) is 11.6 Å². The van der Waals surface area contributed by atoms with Crippen LogP contribution in [-0.4, -0.2) is 24.8 Å². The number of rotatable bonds is 5. The van der Waals surface area contributed by atoms with Crippen molar-refractivity contribution in [3.63, 3.8) is 0 Å². The second-order valence-corrected chi connectivity index (χ2v) is 6.59. The minimum atomic E-state index is 0.721. The molecule has 2 aromatic carbocycles. The van der Waals surface area contributed by atoms with Gasteiger partial charge in [0.15, 0.2) is 0 Å². The van der Waals surface area contributed by atoms with Gasteiger partial charge in [0.2, 0.25) is 0 Å². The van der Waals surface area contributed by atoms with Crippen molar-refractivity contribution < 1.29 is 0 Å². The molecule has 0 fully saturated rings. The molecule has 0 spiro atoms. The highest BCUT2D eigenvalue weighted by molar-refractivity contribution is 9.10. The molecule has 0 amide bonds. The zero-order valence-corrected chi connectivity index (χ0v) is 15.4. The summed E-state index contributed by atoms with van der Waals surface area (Å²) in [4.78, 5) is 6.60. The Morgan fingerprint density at radius 1 is 1.23 bits per heavy atom. The Balaban J connectivity index is 2.35. The van der Waals surface area contributed by atoms with Gasteiger partial charge < -0.3 is 4.90 Å². The molecule has 0 N–H and O–H groups in total. The normalized spacial score (nSPS) is 11.1. The average molecular weight is 380 g/mol. The first-order chi connectivity index (χ1) is 10.5. The molecule has 0 aliphatic rings. The molecule has 2 aromatic rings. The molecule has 0 saturated carbocycles. The molecule has 0 aliphatic heterocycles. The van der Waals surface area contributed by atoms with E-state index >= 15 is 0 Å². The minimum absolute atomic E-state index is 0.721. The molecule has 22 heavy (non-hydrogen) atoms. The fraction of sp³-hybridized carbons (Fsp3) is 0.278. The molecule has 2 nitrogen and oxygen atoms in total. The highest BCUT2D eigenvalue weighted by atomic mass is 79.9. The molecule has 2 rings (SSSR count). The van der Waals surface area contributed by atoms with E-state index in [1.54, 1.807) is 0 Å². The van der Waals surface area contributed by atoms with Crippen LogP contribution < -0.4 is 0 Å². The summed E-state index contributed by atoms with van der Waals surface area (Å²) in [6.45, 7) is 5.11. The van der Waals surface area contributed by atoms with Crippen molar-refractivity contribution in [1.29, 1.82) is 0 Å². The second-order valence-electron chi connectivity index (χ2n) is 5.30. The van der Waals surface area contributed by atoms with Crippen LogP contribution in [0.5, 0.6) is 0 Å². The summed E-state index contributed by atoms with van der Waals surface area (Å²) in [6, 6.07) is 12.2. The van der Waals surface area contributed by atoms with Crippen molar-refractivity contribution in [1.82, 2.24) is 4.90 Å². The molecule has 0 unspecified atom stereocenters. The average Bonchev–Trinajstić information content (AvgIpc) is 2.50. The standard InChI is InChI=1S/C18H20BrClN2/c1-4-22(3)12-21-18-11-16(20)10-15(13(18)2)9-14-7-5-6-8-17(14)19/h5-8,10-12H,4,9H2,1-3H3. The maximum Gasteiger partial charge on any atom is 0.0909 e. The van der Waals surface area contributed by atoms with Gasteiger partial charge in [-0.3, -0.25) is 0 Å². The number of halogens is 2. The lowest BCUT2D eigenvalue weighted by Crippen LogP contribution is -2.14. The monoisotopic (exact) mass is 378 g/mol. The Bertz CT molecular complexity index is 683. The molecular weight excluding hydrogens is 360 g/mol. The van der Waals surface area contributed by atoms with Gasteiger partial charge in [-0.1, -0.05) is 45.7 Å². The number of benzene rings is 2. The Labute approximate surface area is 146 Å². The van der Waals surface area contributed by atoms with Crippen LogP contribution in [0.2, 0.25) is 5.02 Å². The molecule has 0 heterocycles. The zero-order chi connectivity index (χ0) is 16.1. The number of hydrogen-bond acceptors (Lipinski definition) is 1. The molecule has 0 bridgehead atoms. The van der Waals surface area contributed by atoms with E-state index < -0.39 is 0 Å². The van der Waals surface area contributed by atoms with Crippen LogP contribution in [-0.2, 0) is 6.42 Å². The number of aliphatic imine (C=N–C) groups is 1. The van der Waals surface area contributed by atoms with Gasteiger partial charge in [0.25, 0.3) is 0 Å². The SMILES string of the molecule is CCN(C)C=Nc1cc(Cl)cc(Cc2ccccc2Br)c1C. The molecule has 116 valence electrons. The van der Waals surface area contributed by atoms with E-state index in [1.807, 2.05) is 36.5 Å². The number of nitrogens with zero attached hydrogens (tertiary/aromatic N) is 2. The summed E-state index contributed by atoms with van der Waals surface area (Å²) in [5, 5.41) is 0.721. The number of hydrogen-bond donors (Lipinski definition) is 0. The van der Waals surface area contributed by atoms with Crippen LogP contribution in [0.3, 0.4) is 0 Å². The summed E-state index contributed by atoms with van der Waals surface area (Å²) in [5.74, 6) is 0. The topological polar surface area (TPSA) is 15.6 Å². The highest BCUT2D eigenvalue weighted by Crippen LogP contribution is 2.30. The Morgan fingerprint density at radius 3 is 2.64 bits per heavy atom. The van der Waals surface area contributed by atoms with E-state index in [1.165, 1.54) is 16.7 Å². The van der Waals surface area contributed by atoms with Gasteiger partial charge in [-0.15, -0.1) is 0 Å². The molecule has 0 aromatic heterocycles. The van der Waals surface area contributed by atoms with Gasteiger partial charge >= 0.3 is 0 Å². The Hall–Kier alpha value is -1.32. The maximum absolute atomic E-state index is 6.28. The van der Waals surface area contributed by atoms with Gasteiger partial charge in [-0.25, -0.2) is 4.99 Å². The molecule has 0 atom stereocenters. The van der Waals surface area contributed by atoms with Crippen LogP contribution >= 0.6 is 27.5 Å². The summed E-state index contributed by atoms with van der Waals surface area (Å²) in [5.41, 5.74) is 4.54. The fourth-order valence-corrected chi connectivity index (χ4v) is 2.79. The lowest BCUT2D eigenvalue weighted by Gasteiger charge is -2.13. The summed E-state index contributed by atoms with van der Waals surface area (Å²) < 4.78 is 1.12. The van der Waals surface area contributed by atoms with E-state index in [2.05, 4.69) is 53.0 Å². The summed E-state index contributed by atoms with van der Waals surface area (Å²) in [6.07, 6.45) is 2.68. The highest BCUT2D eigenvalue weighted by Gasteiger charge is 2.08. The third kappa shape index (κ3) is 4.34. The van der Waals surface area contributed by atoms with Gasteiger partial charge in [0.1, 0.15) is 0 Å². The van der Waals surface area contributed by atoms with Gasteiger partial charge in [-0.05, 0) is 55.2 Å². The zero-order valence-electron chi connectivity index (χ0n) is 13.1. The second kappa shape index (κ2) is 7.80. The third-order valence-corrected chi connectivity index (χ3v) is 4.68. The van der Waals surface area contributed by atoms with Crippen LogP contribution in [0.25, 0.3) is 0 Å². The molecule has 4 heteroatoms. The predicted octanol–water partition coefficient (Wildman–Crippen LogP) is 5.61. The van der Waals surface area contributed by atoms with Crippen LogP contribution in [0, 0.1) is 6.92 Å². The van der Waals surface area contributed by atoms with E-state index in [0.29, 0.717) is 0 Å². The quantitative estimate of drug-likeness (QED) is 0.487. The lowest BCUT2D eigenvalue weighted by molar-refractivity contribution is 0.552. The summed E-state index contributed by atoms with van der Waals surface area (Å²) >= 11 is 9.88. The smallest absolute Gasteiger partial charge is 0.0909 e. The first-order valence-corrected chi connectivity index (χ1v) is 8.45. The van der Waals surface area contributed by atoms with Crippen molar-refractivity contribution in [3.05, 3.63) is 62.6 Å². The minimum Gasteiger partial charge on any atom is -0.366 e. The fourth-order valence-electron chi connectivity index (χ4n) is 2.13. The first kappa shape index (κ1) is 17.0. The van der Waals surface area contributed by atoms with E-state index in [0.717, 1.165) is 28.1 Å². The van der Waals surface area contributed by atoms with Crippen molar-refractivity contribution in [2.45, 2.75) is 20.3 Å². The maximum atomic E-state index is 6.28. The molecule has 0 radical (unpaired) electrons. The van der Waals surface area contributed by atoms with Crippen LogP contribution in [0.1, 0.15) is 23.6 Å². The first-order valence-electron chi connectivity index (χ1n) is 7.28. The third-order valence-electron chi connectivity index (χ3n) is 3.68. The largest absolute Gasteiger partial charge is 0.366 e. The van der Waals surface area contributed by atoms with Crippen molar-refractivity contribution in [3.8, 4) is 0 Å². The Kier molecular flexibility index (Phi) is 6.04. The van der Waals surface area contributed by atoms with Gasteiger partial charge in [0, 0.05) is 23.1 Å². The van der Waals surface area contributed by atoms with Crippen molar-refractivity contribution in [2.75, 3.05) is 13.6 Å². The Morgan fingerprint density at radius 2 is 1.95 bits per heavy atom. The van der Waals surface area contributed by atoms with E-state index in [-0.39, 0.29) is 0 Å². The predicted molar refractivity (Wildman–Crippen MR) is 99.6 cm³/mol. The van der Waals surface area contributed by atoms with Gasteiger partial charge in [-0.2, -0.15) is 0 Å². The molecule has 0 aliphatic carbocycles. The van der Waals surface area contributed by atoms with Crippen molar-refractivity contribution >= 4 is 39.6 Å². The molecule has 0 saturated heterocycles.